The van der Waals surface area contributed by atoms with Crippen molar-refractivity contribution in [3.05, 3.63) is 39.9 Å². The highest BCUT2D eigenvalue weighted by Gasteiger charge is 2.07. The van der Waals surface area contributed by atoms with Crippen LogP contribution in [0.2, 0.25) is 0 Å². The van der Waals surface area contributed by atoms with Crippen molar-refractivity contribution in [1.29, 1.82) is 0 Å². The Morgan fingerprint density at radius 1 is 1.13 bits per heavy atom. The maximum atomic E-state index is 10.6. The van der Waals surface area contributed by atoms with E-state index in [4.69, 9.17) is 16.6 Å². The van der Waals surface area contributed by atoms with E-state index in [9.17, 15) is 10.1 Å². The number of unbranched alkanes of at least 4 members (excludes halogenated alkanes) is 2. The fraction of sp³-hybridized carbons (Fsp3) is 0.600. The lowest BCUT2D eigenvalue weighted by molar-refractivity contribution is -0.384. The molecule has 0 heterocycles. The molecule has 2 atom stereocenters. The second kappa shape index (κ2) is 11.0. The van der Waals surface area contributed by atoms with Crippen molar-refractivity contribution >= 4 is 5.69 Å². The number of nitrogens with two attached hydrogens (primary N) is 2. The molecule has 8 nitrogen and oxygen atoms in total. The van der Waals surface area contributed by atoms with Crippen LogP contribution >= 0.6 is 0 Å². The van der Waals surface area contributed by atoms with Gasteiger partial charge in [-0.1, -0.05) is 18.6 Å². The topological polar surface area (TPSA) is 139 Å². The number of hydrogen-bond acceptors (Lipinski definition) is 7. The molecule has 1 rings (SSSR count). The lowest BCUT2D eigenvalue weighted by Gasteiger charge is -2.14. The molecular formula is C15H27N5O3. The van der Waals surface area contributed by atoms with Crippen LogP contribution in [0, 0.1) is 10.1 Å². The highest BCUT2D eigenvalue weighted by atomic mass is 16.6. The normalized spacial score (nSPS) is 13.7. The maximum absolute atomic E-state index is 10.6. The van der Waals surface area contributed by atoms with Crippen molar-refractivity contribution < 1.29 is 10.0 Å². The molecule has 0 amide bonds. The van der Waals surface area contributed by atoms with Gasteiger partial charge in [-0.15, -0.1) is 0 Å². The molecule has 0 spiro atoms. The fourth-order valence-corrected chi connectivity index (χ4v) is 2.17. The van der Waals surface area contributed by atoms with Crippen LogP contribution in [0.25, 0.3) is 0 Å². The summed E-state index contributed by atoms with van der Waals surface area (Å²) < 4.78 is 0. The first-order valence-corrected chi connectivity index (χ1v) is 7.85. The van der Waals surface area contributed by atoms with Crippen LogP contribution in [0.4, 0.5) is 5.69 Å². The van der Waals surface area contributed by atoms with Gasteiger partial charge in [-0.25, -0.2) is 0 Å². The number of aliphatic hydroxyl groups excluding tert-OH is 1. The average molecular weight is 325 g/mol. The van der Waals surface area contributed by atoms with E-state index in [-0.39, 0.29) is 11.9 Å². The van der Waals surface area contributed by atoms with Gasteiger partial charge < -0.3 is 27.2 Å². The first kappa shape index (κ1) is 19.5. The van der Waals surface area contributed by atoms with E-state index in [1.54, 1.807) is 12.1 Å². The van der Waals surface area contributed by atoms with Gasteiger partial charge in [0.1, 0.15) is 6.23 Å². The van der Waals surface area contributed by atoms with E-state index in [0.29, 0.717) is 13.0 Å². The second-order valence-electron chi connectivity index (χ2n) is 5.52. The molecular weight excluding hydrogens is 298 g/mol. The van der Waals surface area contributed by atoms with Crippen LogP contribution in [0.3, 0.4) is 0 Å². The third-order valence-corrected chi connectivity index (χ3v) is 3.39. The van der Waals surface area contributed by atoms with Crippen LogP contribution in [0.5, 0.6) is 0 Å². The van der Waals surface area contributed by atoms with E-state index in [1.807, 2.05) is 0 Å². The molecule has 130 valence electrons. The summed E-state index contributed by atoms with van der Waals surface area (Å²) in [5.74, 6) is 0. The zero-order valence-electron chi connectivity index (χ0n) is 13.3. The number of nitro benzene ring substituents is 1. The Morgan fingerprint density at radius 3 is 2.39 bits per heavy atom. The quantitative estimate of drug-likeness (QED) is 0.158. The first-order valence-electron chi connectivity index (χ1n) is 7.85. The molecule has 2 unspecified atom stereocenters. The summed E-state index contributed by atoms with van der Waals surface area (Å²) in [6, 6.07) is 6.45. The minimum absolute atomic E-state index is 0.0889. The lowest BCUT2D eigenvalue weighted by Crippen LogP contribution is -2.39. The summed E-state index contributed by atoms with van der Waals surface area (Å²) in [7, 11) is 0. The largest absolute Gasteiger partial charge is 0.377 e. The van der Waals surface area contributed by atoms with Crippen LogP contribution in [0.1, 0.15) is 24.8 Å². The Kier molecular flexibility index (Phi) is 9.34. The highest BCUT2D eigenvalue weighted by molar-refractivity contribution is 5.33. The molecule has 0 aliphatic carbocycles. The van der Waals surface area contributed by atoms with Crippen LogP contribution in [-0.4, -0.2) is 42.1 Å². The third kappa shape index (κ3) is 9.22. The van der Waals surface area contributed by atoms with Crippen LogP contribution < -0.4 is 22.1 Å². The van der Waals surface area contributed by atoms with E-state index < -0.39 is 11.2 Å². The Hall–Kier alpha value is -1.58. The predicted octanol–water partition coefficient (Wildman–Crippen LogP) is 0.0487. The molecule has 0 aliphatic heterocycles. The Morgan fingerprint density at radius 2 is 1.78 bits per heavy atom. The van der Waals surface area contributed by atoms with Gasteiger partial charge in [-0.3, -0.25) is 10.1 Å². The molecule has 0 aliphatic rings. The Labute approximate surface area is 136 Å². The fourth-order valence-electron chi connectivity index (χ4n) is 2.17. The minimum Gasteiger partial charge on any atom is -0.377 e. The molecule has 1 aromatic rings. The summed E-state index contributed by atoms with van der Waals surface area (Å²) in [5.41, 5.74) is 12.3. The number of hydrogen-bond donors (Lipinski definition) is 5. The summed E-state index contributed by atoms with van der Waals surface area (Å²) in [4.78, 5) is 10.2. The van der Waals surface area contributed by atoms with Crippen molar-refractivity contribution in [3.8, 4) is 0 Å². The minimum atomic E-state index is -0.797. The van der Waals surface area contributed by atoms with Crippen molar-refractivity contribution in [2.24, 2.45) is 11.5 Å². The number of benzene rings is 1. The van der Waals surface area contributed by atoms with E-state index in [1.165, 1.54) is 12.1 Å². The van der Waals surface area contributed by atoms with Crippen molar-refractivity contribution in [3.63, 3.8) is 0 Å². The Bertz CT molecular complexity index is 453. The van der Waals surface area contributed by atoms with Crippen molar-refractivity contribution in [2.75, 3.05) is 19.6 Å². The number of aliphatic hydroxyl groups is 1. The highest BCUT2D eigenvalue weighted by Crippen LogP contribution is 2.12. The maximum Gasteiger partial charge on any atom is 0.269 e. The third-order valence-electron chi connectivity index (χ3n) is 3.39. The van der Waals surface area contributed by atoms with Gasteiger partial charge in [-0.2, -0.15) is 0 Å². The predicted molar refractivity (Wildman–Crippen MR) is 89.7 cm³/mol. The first-order chi connectivity index (χ1) is 11.0. The number of rotatable bonds is 12. The van der Waals surface area contributed by atoms with Crippen LogP contribution in [-0.2, 0) is 6.42 Å². The Balaban J connectivity index is 2.08. The van der Waals surface area contributed by atoms with Crippen LogP contribution in [0.15, 0.2) is 24.3 Å². The molecule has 0 saturated heterocycles. The number of non-ortho nitro benzene ring substituents is 1. The number of nitro groups is 1. The number of nitrogens with one attached hydrogen (secondary N) is 2. The zero-order valence-corrected chi connectivity index (χ0v) is 13.3. The molecule has 0 radical (unpaired) electrons. The molecule has 8 heteroatoms. The smallest absolute Gasteiger partial charge is 0.269 e. The summed E-state index contributed by atoms with van der Waals surface area (Å²) >= 11 is 0. The summed E-state index contributed by atoms with van der Waals surface area (Å²) in [5, 5.41) is 25.8. The molecule has 7 N–H and O–H groups in total. The average Bonchev–Trinajstić information content (AvgIpc) is 2.50. The van der Waals surface area contributed by atoms with Gasteiger partial charge in [0, 0.05) is 25.1 Å². The molecule has 23 heavy (non-hydrogen) atoms. The summed E-state index contributed by atoms with van der Waals surface area (Å²) in [6.07, 6.45) is 2.77. The van der Waals surface area contributed by atoms with Crippen molar-refractivity contribution in [2.45, 2.75) is 38.1 Å². The van der Waals surface area contributed by atoms with Gasteiger partial charge in [0.15, 0.2) is 0 Å². The molecule has 0 fully saturated rings. The molecule has 0 bridgehead atoms. The zero-order chi connectivity index (χ0) is 17.1. The second-order valence-corrected chi connectivity index (χ2v) is 5.52. The van der Waals surface area contributed by atoms with Gasteiger partial charge in [0.05, 0.1) is 11.1 Å². The van der Waals surface area contributed by atoms with E-state index in [2.05, 4.69) is 10.6 Å². The summed E-state index contributed by atoms with van der Waals surface area (Å²) in [6.45, 7) is 2.08. The SMILES string of the molecule is NC(O)CNCCCCCNC(N)Cc1ccc([N+](=O)[O-])cc1. The van der Waals surface area contributed by atoms with Crippen molar-refractivity contribution in [1.82, 2.24) is 10.6 Å². The lowest BCUT2D eigenvalue weighted by atomic mass is 10.1. The molecule has 0 aromatic heterocycles. The van der Waals surface area contributed by atoms with Gasteiger partial charge in [-0.05, 0) is 31.5 Å². The van der Waals surface area contributed by atoms with Gasteiger partial charge >= 0.3 is 0 Å². The van der Waals surface area contributed by atoms with Gasteiger partial charge in [0.25, 0.3) is 5.69 Å². The molecule has 1 aromatic carbocycles. The monoisotopic (exact) mass is 325 g/mol. The van der Waals surface area contributed by atoms with E-state index >= 15 is 0 Å². The van der Waals surface area contributed by atoms with E-state index in [0.717, 1.165) is 37.9 Å². The standard InChI is InChI=1S/C15H27N5O3/c16-14(10-12-4-6-13(7-5-12)20(22)23)19-9-3-1-2-8-18-11-15(17)21/h4-7,14-15,18-19,21H,1-3,8-11,16-17H2. The number of nitrogens with zero attached hydrogens (tertiary/aromatic N) is 1. The molecule has 0 saturated carbocycles. The van der Waals surface area contributed by atoms with Gasteiger partial charge in [0.2, 0.25) is 0 Å².